The Hall–Kier alpha value is -2.12. The number of nitrogens with zero attached hydrogens (tertiary/aromatic N) is 2. The van der Waals surface area contributed by atoms with Gasteiger partial charge in [-0.3, -0.25) is 14.1 Å². The first-order chi connectivity index (χ1) is 11.9. The second-order valence-electron chi connectivity index (χ2n) is 5.93. The average Bonchev–Trinajstić information content (AvgIpc) is 2.91. The van der Waals surface area contributed by atoms with Crippen LogP contribution in [0.15, 0.2) is 36.7 Å². The van der Waals surface area contributed by atoms with Gasteiger partial charge in [-0.05, 0) is 48.7 Å². The molecule has 25 heavy (non-hydrogen) atoms. The molecule has 0 unspecified atom stereocenters. The van der Waals surface area contributed by atoms with Crippen molar-refractivity contribution in [1.29, 1.82) is 0 Å². The SMILES string of the molecule is Cc1ccncc1CC(=O)Nc1cc(N2CCCS2(=O)=O)ccc1Cl. The minimum absolute atomic E-state index is 0.137. The lowest BCUT2D eigenvalue weighted by molar-refractivity contribution is -0.115. The van der Waals surface area contributed by atoms with Crippen molar-refractivity contribution < 1.29 is 13.2 Å². The van der Waals surface area contributed by atoms with Gasteiger partial charge >= 0.3 is 0 Å². The van der Waals surface area contributed by atoms with Crippen LogP contribution >= 0.6 is 11.6 Å². The lowest BCUT2D eigenvalue weighted by atomic mass is 10.1. The molecule has 2 aromatic rings. The second-order valence-corrected chi connectivity index (χ2v) is 8.35. The third-order valence-electron chi connectivity index (χ3n) is 4.11. The maximum atomic E-state index is 12.3. The molecule has 0 spiro atoms. The monoisotopic (exact) mass is 379 g/mol. The van der Waals surface area contributed by atoms with Crippen LogP contribution in [-0.4, -0.2) is 31.6 Å². The summed E-state index contributed by atoms with van der Waals surface area (Å²) in [6.45, 7) is 2.35. The Kier molecular flexibility index (Phi) is 4.96. The van der Waals surface area contributed by atoms with Gasteiger partial charge in [0.25, 0.3) is 0 Å². The second kappa shape index (κ2) is 7.01. The van der Waals surface area contributed by atoms with E-state index in [-0.39, 0.29) is 18.1 Å². The third-order valence-corrected chi connectivity index (χ3v) is 6.31. The highest BCUT2D eigenvalue weighted by Crippen LogP contribution is 2.31. The number of carbonyl (C=O) groups is 1. The van der Waals surface area contributed by atoms with E-state index in [9.17, 15) is 13.2 Å². The van der Waals surface area contributed by atoms with Crippen LogP contribution in [0.5, 0.6) is 0 Å². The molecule has 1 aliphatic heterocycles. The van der Waals surface area contributed by atoms with Gasteiger partial charge in [-0.25, -0.2) is 8.42 Å². The molecule has 1 amide bonds. The summed E-state index contributed by atoms with van der Waals surface area (Å²) < 4.78 is 25.5. The quantitative estimate of drug-likeness (QED) is 0.885. The van der Waals surface area contributed by atoms with Crippen LogP contribution in [0.4, 0.5) is 11.4 Å². The number of pyridine rings is 1. The van der Waals surface area contributed by atoms with E-state index in [0.717, 1.165) is 11.1 Å². The van der Waals surface area contributed by atoms with Crippen molar-refractivity contribution >= 4 is 38.9 Å². The Bertz CT molecular complexity index is 915. The van der Waals surface area contributed by atoms with E-state index in [1.54, 1.807) is 30.6 Å². The standard InChI is InChI=1S/C17H18ClN3O3S/c1-12-5-6-19-11-13(12)9-17(22)20-16-10-14(3-4-15(16)18)21-7-2-8-25(21,23)24/h3-6,10-11H,2,7-9H2,1H3,(H,20,22). The van der Waals surface area contributed by atoms with Crippen LogP contribution in [0.3, 0.4) is 0 Å². The topological polar surface area (TPSA) is 79.4 Å². The van der Waals surface area contributed by atoms with Crippen LogP contribution < -0.4 is 9.62 Å². The van der Waals surface area contributed by atoms with Crippen molar-refractivity contribution in [3.63, 3.8) is 0 Å². The third kappa shape index (κ3) is 3.93. The molecule has 1 saturated heterocycles. The van der Waals surface area contributed by atoms with Crippen molar-refractivity contribution in [1.82, 2.24) is 4.98 Å². The zero-order chi connectivity index (χ0) is 18.0. The smallest absolute Gasteiger partial charge is 0.235 e. The van der Waals surface area contributed by atoms with Crippen LogP contribution in [0.2, 0.25) is 5.02 Å². The summed E-state index contributed by atoms with van der Waals surface area (Å²) in [4.78, 5) is 16.3. The Labute approximate surface area is 151 Å². The van der Waals surface area contributed by atoms with Gasteiger partial charge in [-0.1, -0.05) is 11.6 Å². The summed E-state index contributed by atoms with van der Waals surface area (Å²) in [5.74, 6) is -0.100. The molecule has 132 valence electrons. The molecule has 1 aromatic carbocycles. The molecule has 0 saturated carbocycles. The summed E-state index contributed by atoms with van der Waals surface area (Å²) in [6.07, 6.45) is 4.09. The summed E-state index contributed by atoms with van der Waals surface area (Å²) in [6, 6.07) is 6.68. The molecule has 1 aliphatic rings. The number of aromatic nitrogens is 1. The summed E-state index contributed by atoms with van der Waals surface area (Å²) in [5, 5.41) is 3.11. The van der Waals surface area contributed by atoms with Crippen LogP contribution in [0, 0.1) is 6.92 Å². The van der Waals surface area contributed by atoms with Crippen molar-refractivity contribution in [2.24, 2.45) is 0 Å². The predicted molar refractivity (Wildman–Crippen MR) is 98.5 cm³/mol. The van der Waals surface area contributed by atoms with Crippen LogP contribution in [0.1, 0.15) is 17.5 Å². The van der Waals surface area contributed by atoms with Gasteiger partial charge < -0.3 is 5.32 Å². The first-order valence-corrected chi connectivity index (χ1v) is 9.85. The Morgan fingerprint density at radius 3 is 2.84 bits per heavy atom. The first kappa shape index (κ1) is 17.7. The molecule has 6 nitrogen and oxygen atoms in total. The number of hydrogen-bond donors (Lipinski definition) is 1. The number of anilines is 2. The zero-order valence-electron chi connectivity index (χ0n) is 13.7. The Balaban J connectivity index is 1.79. The Morgan fingerprint density at radius 1 is 1.36 bits per heavy atom. The van der Waals surface area contributed by atoms with E-state index in [2.05, 4.69) is 10.3 Å². The van der Waals surface area contributed by atoms with Gasteiger partial charge in [-0.15, -0.1) is 0 Å². The van der Waals surface area contributed by atoms with Crippen molar-refractivity contribution in [3.05, 3.63) is 52.8 Å². The molecule has 0 bridgehead atoms. The lowest BCUT2D eigenvalue weighted by Gasteiger charge is -2.18. The molecule has 1 N–H and O–H groups in total. The summed E-state index contributed by atoms with van der Waals surface area (Å²) in [5.41, 5.74) is 2.71. The number of rotatable bonds is 4. The minimum atomic E-state index is -3.28. The van der Waals surface area contributed by atoms with Gasteiger partial charge in [-0.2, -0.15) is 0 Å². The number of amides is 1. The molecule has 1 aromatic heterocycles. The number of benzene rings is 1. The molecular formula is C17H18ClN3O3S. The van der Waals surface area contributed by atoms with Gasteiger partial charge in [0, 0.05) is 18.9 Å². The first-order valence-electron chi connectivity index (χ1n) is 7.86. The predicted octanol–water partition coefficient (Wildman–Crippen LogP) is 2.76. The van der Waals surface area contributed by atoms with Gasteiger partial charge in [0.05, 0.1) is 28.6 Å². The highest BCUT2D eigenvalue weighted by molar-refractivity contribution is 7.93. The molecule has 0 aliphatic carbocycles. The molecule has 3 rings (SSSR count). The van der Waals surface area contributed by atoms with E-state index < -0.39 is 10.0 Å². The summed E-state index contributed by atoms with van der Waals surface area (Å²) in [7, 11) is -3.28. The van der Waals surface area contributed by atoms with E-state index in [1.165, 1.54) is 4.31 Å². The van der Waals surface area contributed by atoms with Crippen LogP contribution in [0.25, 0.3) is 0 Å². The van der Waals surface area contributed by atoms with Gasteiger partial charge in [0.1, 0.15) is 0 Å². The largest absolute Gasteiger partial charge is 0.324 e. The fourth-order valence-corrected chi connectivity index (χ4v) is 4.46. The fourth-order valence-electron chi connectivity index (χ4n) is 2.74. The van der Waals surface area contributed by atoms with Crippen molar-refractivity contribution in [2.75, 3.05) is 21.9 Å². The van der Waals surface area contributed by atoms with Crippen molar-refractivity contribution in [2.45, 2.75) is 19.8 Å². The van der Waals surface area contributed by atoms with E-state index >= 15 is 0 Å². The number of sulfonamides is 1. The minimum Gasteiger partial charge on any atom is -0.324 e. The normalized spacial score (nSPS) is 16.0. The average molecular weight is 380 g/mol. The fraction of sp³-hybridized carbons (Fsp3) is 0.294. The molecule has 0 atom stereocenters. The highest BCUT2D eigenvalue weighted by atomic mass is 35.5. The maximum Gasteiger partial charge on any atom is 0.235 e. The number of carbonyl (C=O) groups excluding carboxylic acids is 1. The number of halogens is 1. The maximum absolute atomic E-state index is 12.3. The number of aryl methyl sites for hydroxylation is 1. The molecule has 2 heterocycles. The highest BCUT2D eigenvalue weighted by Gasteiger charge is 2.28. The molecule has 0 radical (unpaired) electrons. The number of nitrogens with one attached hydrogen (secondary N) is 1. The van der Waals surface area contributed by atoms with Crippen molar-refractivity contribution in [3.8, 4) is 0 Å². The number of hydrogen-bond acceptors (Lipinski definition) is 4. The van der Waals surface area contributed by atoms with E-state index in [0.29, 0.717) is 29.4 Å². The van der Waals surface area contributed by atoms with E-state index in [4.69, 9.17) is 11.6 Å². The Morgan fingerprint density at radius 2 is 2.16 bits per heavy atom. The molecule has 1 fully saturated rings. The van der Waals surface area contributed by atoms with Gasteiger partial charge in [0.15, 0.2) is 0 Å². The molecular weight excluding hydrogens is 362 g/mol. The van der Waals surface area contributed by atoms with E-state index in [1.807, 2.05) is 13.0 Å². The van der Waals surface area contributed by atoms with Gasteiger partial charge in [0.2, 0.25) is 15.9 Å². The zero-order valence-corrected chi connectivity index (χ0v) is 15.3. The molecule has 8 heteroatoms. The van der Waals surface area contributed by atoms with Crippen LogP contribution in [-0.2, 0) is 21.2 Å². The lowest BCUT2D eigenvalue weighted by Crippen LogP contribution is -2.25. The summed E-state index contributed by atoms with van der Waals surface area (Å²) >= 11 is 6.16.